The summed E-state index contributed by atoms with van der Waals surface area (Å²) in [5.74, 6) is -1.68. The van der Waals surface area contributed by atoms with Gasteiger partial charge in [-0.05, 0) is 27.2 Å². The van der Waals surface area contributed by atoms with Gasteiger partial charge >= 0.3 is 11.7 Å². The third-order valence-corrected chi connectivity index (χ3v) is 3.58. The summed E-state index contributed by atoms with van der Waals surface area (Å²) in [6.07, 6.45) is 1.58. The van der Waals surface area contributed by atoms with Gasteiger partial charge in [-0.3, -0.25) is 23.9 Å². The predicted octanol–water partition coefficient (Wildman–Crippen LogP) is 0.337. The molecule has 10 nitrogen and oxygen atoms in total. The van der Waals surface area contributed by atoms with Crippen LogP contribution >= 0.6 is 0 Å². The van der Waals surface area contributed by atoms with Crippen molar-refractivity contribution in [1.29, 1.82) is 0 Å². The minimum absolute atomic E-state index is 0.0495. The fourth-order valence-electron chi connectivity index (χ4n) is 2.25. The molecular formula is C19H30FN3O7. The van der Waals surface area contributed by atoms with Gasteiger partial charge in [0.1, 0.15) is 5.60 Å². The number of nitrogens with one attached hydrogen (secondary N) is 2. The lowest BCUT2D eigenvalue weighted by atomic mass is 10.2. The second-order valence-electron chi connectivity index (χ2n) is 7.44. The summed E-state index contributed by atoms with van der Waals surface area (Å²) in [6, 6.07) is 0. The molecule has 11 heteroatoms. The van der Waals surface area contributed by atoms with E-state index in [1.807, 2.05) is 25.8 Å². The molecule has 1 rings (SSSR count). The van der Waals surface area contributed by atoms with Gasteiger partial charge in [0.25, 0.3) is 5.56 Å². The van der Waals surface area contributed by atoms with E-state index in [0.29, 0.717) is 32.7 Å². The molecule has 0 aliphatic heterocycles. The van der Waals surface area contributed by atoms with Gasteiger partial charge in [0.05, 0.1) is 26.0 Å². The van der Waals surface area contributed by atoms with E-state index in [2.05, 4.69) is 5.32 Å². The molecular weight excluding hydrogens is 401 g/mol. The number of hydrogen-bond acceptors (Lipinski definition) is 7. The van der Waals surface area contributed by atoms with Crippen LogP contribution in [0.5, 0.6) is 0 Å². The number of aromatic amines is 1. The maximum Gasteiger partial charge on any atom is 0.328 e. The summed E-state index contributed by atoms with van der Waals surface area (Å²) in [5, 5.41) is 2.60. The van der Waals surface area contributed by atoms with Gasteiger partial charge < -0.3 is 19.5 Å². The van der Waals surface area contributed by atoms with Gasteiger partial charge in [0.2, 0.25) is 11.7 Å². The molecule has 1 amide bonds. The summed E-state index contributed by atoms with van der Waals surface area (Å²) < 4.78 is 29.9. The topological polar surface area (TPSA) is 129 Å². The van der Waals surface area contributed by atoms with Crippen LogP contribution in [0.1, 0.15) is 40.0 Å². The number of aryl methyl sites for hydroxylation is 1. The minimum atomic E-state index is -1.09. The number of carbonyl (C=O) groups is 2. The standard InChI is InChI=1S/C19H30FN3O7/c1-19(2,3)30-16(25)5-4-9-28-11-12-29-10-7-21-15(24)6-8-23-13-14(20)17(26)22-18(23)27/h13H,4-12H2,1-3H3,(H,21,24)(H,22,26,27). The maximum atomic E-state index is 13.1. The molecule has 170 valence electrons. The lowest BCUT2D eigenvalue weighted by Gasteiger charge is -2.19. The number of amides is 1. The first-order valence-corrected chi connectivity index (χ1v) is 9.72. The number of aromatic nitrogens is 2. The minimum Gasteiger partial charge on any atom is -0.460 e. The van der Waals surface area contributed by atoms with Gasteiger partial charge in [-0.15, -0.1) is 0 Å². The number of carbonyl (C=O) groups excluding carboxylic acids is 2. The van der Waals surface area contributed by atoms with E-state index in [-0.39, 0.29) is 38.0 Å². The van der Waals surface area contributed by atoms with Crippen molar-refractivity contribution in [1.82, 2.24) is 14.9 Å². The van der Waals surface area contributed by atoms with Crippen LogP contribution in [0.25, 0.3) is 0 Å². The summed E-state index contributed by atoms with van der Waals surface area (Å²) in [4.78, 5) is 47.5. The number of esters is 1. The Kier molecular flexibility index (Phi) is 11.0. The highest BCUT2D eigenvalue weighted by molar-refractivity contribution is 5.75. The normalized spacial score (nSPS) is 11.3. The van der Waals surface area contributed by atoms with Crippen molar-refractivity contribution in [3.05, 3.63) is 32.9 Å². The number of ether oxygens (including phenoxy) is 3. The van der Waals surface area contributed by atoms with Gasteiger partial charge in [0.15, 0.2) is 0 Å². The molecule has 0 spiro atoms. The monoisotopic (exact) mass is 431 g/mol. The van der Waals surface area contributed by atoms with Crippen molar-refractivity contribution >= 4 is 11.9 Å². The lowest BCUT2D eigenvalue weighted by molar-refractivity contribution is -0.155. The molecule has 0 fully saturated rings. The van der Waals surface area contributed by atoms with Crippen molar-refractivity contribution in [2.24, 2.45) is 0 Å². The number of nitrogens with zero attached hydrogens (tertiary/aromatic N) is 1. The van der Waals surface area contributed by atoms with Crippen LogP contribution in [0.15, 0.2) is 15.8 Å². The predicted molar refractivity (Wildman–Crippen MR) is 106 cm³/mol. The van der Waals surface area contributed by atoms with E-state index in [1.54, 1.807) is 0 Å². The number of halogens is 1. The molecule has 0 saturated heterocycles. The highest BCUT2D eigenvalue weighted by atomic mass is 19.1. The fourth-order valence-corrected chi connectivity index (χ4v) is 2.25. The van der Waals surface area contributed by atoms with E-state index in [1.165, 1.54) is 0 Å². The Bertz CT molecular complexity index is 799. The number of rotatable bonds is 13. The maximum absolute atomic E-state index is 13.1. The smallest absolute Gasteiger partial charge is 0.328 e. The molecule has 1 aromatic heterocycles. The summed E-state index contributed by atoms with van der Waals surface area (Å²) in [7, 11) is 0. The van der Waals surface area contributed by atoms with Gasteiger partial charge in [-0.1, -0.05) is 0 Å². The van der Waals surface area contributed by atoms with Crippen LogP contribution in [0.3, 0.4) is 0 Å². The Morgan fingerprint density at radius 2 is 1.77 bits per heavy atom. The zero-order chi connectivity index (χ0) is 22.6. The van der Waals surface area contributed by atoms with Crippen LogP contribution in [-0.2, 0) is 30.3 Å². The van der Waals surface area contributed by atoms with Crippen molar-refractivity contribution in [3.8, 4) is 0 Å². The molecule has 0 aliphatic carbocycles. The van der Waals surface area contributed by atoms with E-state index in [9.17, 15) is 23.6 Å². The van der Waals surface area contributed by atoms with Gasteiger partial charge in [-0.25, -0.2) is 4.79 Å². The average Bonchev–Trinajstić information content (AvgIpc) is 2.63. The molecule has 0 atom stereocenters. The molecule has 30 heavy (non-hydrogen) atoms. The average molecular weight is 431 g/mol. The van der Waals surface area contributed by atoms with Gasteiger partial charge in [0, 0.05) is 32.5 Å². The Hall–Kier alpha value is -2.53. The van der Waals surface area contributed by atoms with Crippen molar-refractivity contribution in [2.75, 3.05) is 33.0 Å². The zero-order valence-corrected chi connectivity index (χ0v) is 17.6. The molecule has 1 heterocycles. The van der Waals surface area contributed by atoms with Crippen LogP contribution < -0.4 is 16.6 Å². The molecule has 0 aliphatic rings. The quantitative estimate of drug-likeness (QED) is 0.340. The first-order valence-electron chi connectivity index (χ1n) is 9.72. The Balaban J connectivity index is 2.01. The van der Waals surface area contributed by atoms with Crippen LogP contribution in [0.4, 0.5) is 4.39 Å². The van der Waals surface area contributed by atoms with Crippen LogP contribution in [-0.4, -0.2) is 60.0 Å². The first kappa shape index (κ1) is 25.5. The molecule has 2 N–H and O–H groups in total. The molecule has 0 unspecified atom stereocenters. The first-order chi connectivity index (χ1) is 14.1. The Morgan fingerprint density at radius 1 is 1.10 bits per heavy atom. The van der Waals surface area contributed by atoms with Crippen LogP contribution in [0.2, 0.25) is 0 Å². The molecule has 0 saturated carbocycles. The van der Waals surface area contributed by atoms with E-state index >= 15 is 0 Å². The zero-order valence-electron chi connectivity index (χ0n) is 17.6. The largest absolute Gasteiger partial charge is 0.460 e. The molecule has 0 radical (unpaired) electrons. The fraction of sp³-hybridized carbons (Fsp3) is 0.684. The van der Waals surface area contributed by atoms with Crippen LogP contribution in [0, 0.1) is 5.82 Å². The van der Waals surface area contributed by atoms with Gasteiger partial charge in [-0.2, -0.15) is 4.39 Å². The van der Waals surface area contributed by atoms with E-state index < -0.39 is 22.7 Å². The van der Waals surface area contributed by atoms with E-state index in [4.69, 9.17) is 14.2 Å². The molecule has 0 aromatic carbocycles. The second kappa shape index (κ2) is 12.9. The molecule has 1 aromatic rings. The number of H-pyrrole nitrogens is 1. The third-order valence-electron chi connectivity index (χ3n) is 3.58. The van der Waals surface area contributed by atoms with Crippen molar-refractivity contribution in [2.45, 2.75) is 52.2 Å². The SMILES string of the molecule is CC(C)(C)OC(=O)CCCOCCOCCNC(=O)CCn1cc(F)c(=O)[nH]c1=O. The van der Waals surface area contributed by atoms with Crippen molar-refractivity contribution in [3.63, 3.8) is 0 Å². The third kappa shape index (κ3) is 11.5. The highest BCUT2D eigenvalue weighted by Gasteiger charge is 2.15. The molecule has 0 bridgehead atoms. The lowest BCUT2D eigenvalue weighted by Crippen LogP contribution is -2.33. The summed E-state index contributed by atoms with van der Waals surface area (Å²) in [5.41, 5.74) is -2.35. The van der Waals surface area contributed by atoms with Crippen molar-refractivity contribution < 1.29 is 28.2 Å². The number of hydrogen-bond donors (Lipinski definition) is 2. The van der Waals surface area contributed by atoms with E-state index in [0.717, 1.165) is 10.8 Å². The summed E-state index contributed by atoms with van der Waals surface area (Å²) >= 11 is 0. The summed E-state index contributed by atoms with van der Waals surface area (Å²) in [6.45, 7) is 7.06. The second-order valence-corrected chi connectivity index (χ2v) is 7.44. The highest BCUT2D eigenvalue weighted by Crippen LogP contribution is 2.09. The Labute approximate surface area is 173 Å². The Morgan fingerprint density at radius 3 is 2.43 bits per heavy atom.